The minimum atomic E-state index is -0.555. The maximum Gasteiger partial charge on any atom is 0.231 e. The van der Waals surface area contributed by atoms with E-state index in [1.807, 2.05) is 24.3 Å². The summed E-state index contributed by atoms with van der Waals surface area (Å²) in [5.41, 5.74) is 0.393. The van der Waals surface area contributed by atoms with E-state index in [0.717, 1.165) is 18.4 Å². The monoisotopic (exact) mass is 348 g/mol. The SMILES string of the molecule is O=C(NC1CC2CCC(C1)N2)C1(c2ccccc2Cl)CCOCC1. The van der Waals surface area contributed by atoms with E-state index >= 15 is 0 Å². The van der Waals surface area contributed by atoms with Crippen molar-refractivity contribution in [2.75, 3.05) is 13.2 Å². The molecule has 3 heterocycles. The molecule has 1 aromatic carbocycles. The summed E-state index contributed by atoms with van der Waals surface area (Å²) < 4.78 is 5.54. The number of ether oxygens (including phenoxy) is 1. The lowest BCUT2D eigenvalue weighted by molar-refractivity contribution is -0.131. The highest BCUT2D eigenvalue weighted by molar-refractivity contribution is 6.31. The Morgan fingerprint density at radius 1 is 1.17 bits per heavy atom. The van der Waals surface area contributed by atoms with Crippen molar-refractivity contribution in [2.45, 2.75) is 62.1 Å². The fraction of sp³-hybridized carbons (Fsp3) is 0.632. The van der Waals surface area contributed by atoms with Gasteiger partial charge in [-0.3, -0.25) is 4.79 Å². The lowest BCUT2D eigenvalue weighted by Crippen LogP contribution is -2.54. The van der Waals surface area contributed by atoms with E-state index in [1.165, 1.54) is 12.8 Å². The number of halogens is 1. The number of benzene rings is 1. The number of nitrogens with one attached hydrogen (secondary N) is 2. The molecule has 0 aliphatic carbocycles. The van der Waals surface area contributed by atoms with E-state index in [1.54, 1.807) is 0 Å². The van der Waals surface area contributed by atoms with Crippen LogP contribution in [-0.4, -0.2) is 37.2 Å². The maximum absolute atomic E-state index is 13.3. The Morgan fingerprint density at radius 3 is 2.50 bits per heavy atom. The molecule has 4 rings (SSSR count). The molecule has 0 radical (unpaired) electrons. The highest BCUT2D eigenvalue weighted by Gasteiger charge is 2.44. The lowest BCUT2D eigenvalue weighted by Gasteiger charge is -2.39. The predicted octanol–water partition coefficient (Wildman–Crippen LogP) is 2.79. The predicted molar refractivity (Wildman–Crippen MR) is 94.3 cm³/mol. The van der Waals surface area contributed by atoms with Crippen LogP contribution >= 0.6 is 11.6 Å². The van der Waals surface area contributed by atoms with Crippen molar-refractivity contribution in [1.29, 1.82) is 0 Å². The summed E-state index contributed by atoms with van der Waals surface area (Å²) in [6, 6.07) is 9.18. The highest BCUT2D eigenvalue weighted by atomic mass is 35.5. The van der Waals surface area contributed by atoms with E-state index in [0.29, 0.717) is 43.2 Å². The molecule has 0 aromatic heterocycles. The average Bonchev–Trinajstić information content (AvgIpc) is 2.94. The zero-order chi connectivity index (χ0) is 16.6. The molecular weight excluding hydrogens is 324 g/mol. The Kier molecular flexibility index (Phi) is 4.54. The van der Waals surface area contributed by atoms with Crippen molar-refractivity contribution < 1.29 is 9.53 Å². The van der Waals surface area contributed by atoms with E-state index < -0.39 is 5.41 Å². The van der Waals surface area contributed by atoms with Gasteiger partial charge in [-0.1, -0.05) is 29.8 Å². The van der Waals surface area contributed by atoms with Gasteiger partial charge in [-0.05, 0) is 50.2 Å². The van der Waals surface area contributed by atoms with Gasteiger partial charge in [0.2, 0.25) is 5.91 Å². The topological polar surface area (TPSA) is 50.4 Å². The largest absolute Gasteiger partial charge is 0.381 e. The fourth-order valence-electron chi connectivity index (χ4n) is 4.69. The first-order chi connectivity index (χ1) is 11.7. The van der Waals surface area contributed by atoms with Gasteiger partial charge < -0.3 is 15.4 Å². The Balaban J connectivity index is 1.57. The zero-order valence-electron chi connectivity index (χ0n) is 13.9. The van der Waals surface area contributed by atoms with Gasteiger partial charge in [0.1, 0.15) is 0 Å². The smallest absolute Gasteiger partial charge is 0.231 e. The van der Waals surface area contributed by atoms with E-state index in [2.05, 4.69) is 10.6 Å². The first-order valence-corrected chi connectivity index (χ1v) is 9.45. The van der Waals surface area contributed by atoms with Gasteiger partial charge in [0, 0.05) is 36.4 Å². The molecule has 1 aromatic rings. The van der Waals surface area contributed by atoms with Crippen LogP contribution in [0.1, 0.15) is 44.1 Å². The van der Waals surface area contributed by atoms with Crippen molar-refractivity contribution in [2.24, 2.45) is 0 Å². The zero-order valence-corrected chi connectivity index (χ0v) is 14.6. The number of piperidine rings is 1. The molecule has 3 aliphatic heterocycles. The fourth-order valence-corrected chi connectivity index (χ4v) is 5.00. The number of carbonyl (C=O) groups excluding carboxylic acids is 1. The van der Waals surface area contributed by atoms with Gasteiger partial charge in [0.25, 0.3) is 0 Å². The van der Waals surface area contributed by atoms with Crippen LogP contribution in [0.3, 0.4) is 0 Å². The molecule has 2 N–H and O–H groups in total. The van der Waals surface area contributed by atoms with Crippen molar-refractivity contribution in [1.82, 2.24) is 10.6 Å². The van der Waals surface area contributed by atoms with Crippen LogP contribution in [0.15, 0.2) is 24.3 Å². The Labute approximate surface area is 148 Å². The van der Waals surface area contributed by atoms with Gasteiger partial charge in [0.05, 0.1) is 5.41 Å². The molecule has 5 heteroatoms. The van der Waals surface area contributed by atoms with E-state index in [9.17, 15) is 4.79 Å². The van der Waals surface area contributed by atoms with Crippen LogP contribution in [0, 0.1) is 0 Å². The second-order valence-corrected chi connectivity index (χ2v) is 7.86. The highest BCUT2D eigenvalue weighted by Crippen LogP contribution is 2.39. The van der Waals surface area contributed by atoms with Gasteiger partial charge in [0.15, 0.2) is 0 Å². The van der Waals surface area contributed by atoms with Crippen molar-refractivity contribution in [3.05, 3.63) is 34.9 Å². The lowest BCUT2D eigenvalue weighted by atomic mass is 9.73. The minimum absolute atomic E-state index is 0.130. The molecule has 3 fully saturated rings. The molecule has 0 saturated carbocycles. The maximum atomic E-state index is 13.3. The number of amides is 1. The molecule has 24 heavy (non-hydrogen) atoms. The summed E-state index contributed by atoms with van der Waals surface area (Å²) in [6.07, 6.45) is 5.94. The quantitative estimate of drug-likeness (QED) is 0.883. The molecule has 2 unspecified atom stereocenters. The molecular formula is C19H25ClN2O2. The first-order valence-electron chi connectivity index (χ1n) is 9.07. The van der Waals surface area contributed by atoms with Gasteiger partial charge in [-0.25, -0.2) is 0 Å². The first kappa shape index (κ1) is 16.4. The number of hydrogen-bond acceptors (Lipinski definition) is 3. The standard InChI is InChI=1S/C19H25ClN2O2/c20-17-4-2-1-3-16(17)19(7-9-24-10-8-19)18(23)22-15-11-13-5-6-14(12-15)21-13/h1-4,13-15,21H,5-12H2,(H,22,23). The van der Waals surface area contributed by atoms with Crippen LogP contribution in [0.2, 0.25) is 5.02 Å². The van der Waals surface area contributed by atoms with Crippen LogP contribution in [0.4, 0.5) is 0 Å². The molecule has 1 amide bonds. The summed E-state index contributed by atoms with van der Waals surface area (Å²) in [5, 5.41) is 7.67. The molecule has 3 saturated heterocycles. The molecule has 130 valence electrons. The van der Waals surface area contributed by atoms with Crippen molar-refractivity contribution in [3.63, 3.8) is 0 Å². The third-order valence-corrected chi connectivity index (χ3v) is 6.31. The van der Waals surface area contributed by atoms with Gasteiger partial charge in [-0.15, -0.1) is 0 Å². The summed E-state index contributed by atoms with van der Waals surface area (Å²) in [7, 11) is 0. The van der Waals surface area contributed by atoms with E-state index in [4.69, 9.17) is 16.3 Å². The van der Waals surface area contributed by atoms with Crippen LogP contribution in [-0.2, 0) is 14.9 Å². The minimum Gasteiger partial charge on any atom is -0.381 e. The number of hydrogen-bond donors (Lipinski definition) is 2. The number of carbonyl (C=O) groups is 1. The van der Waals surface area contributed by atoms with Crippen LogP contribution < -0.4 is 10.6 Å². The number of rotatable bonds is 3. The summed E-state index contributed by atoms with van der Waals surface area (Å²) in [4.78, 5) is 13.3. The van der Waals surface area contributed by atoms with E-state index in [-0.39, 0.29) is 11.9 Å². The average molecular weight is 349 g/mol. The summed E-state index contributed by atoms with van der Waals surface area (Å²) in [6.45, 7) is 1.21. The Morgan fingerprint density at radius 2 is 1.83 bits per heavy atom. The Bertz CT molecular complexity index is 603. The molecule has 4 nitrogen and oxygen atoms in total. The molecule has 2 bridgehead atoms. The summed E-state index contributed by atoms with van der Waals surface area (Å²) >= 11 is 6.46. The molecule has 0 spiro atoms. The third-order valence-electron chi connectivity index (χ3n) is 5.98. The van der Waals surface area contributed by atoms with Gasteiger partial charge in [-0.2, -0.15) is 0 Å². The molecule has 3 aliphatic rings. The third kappa shape index (κ3) is 2.96. The normalized spacial score (nSPS) is 31.6. The Hall–Kier alpha value is -1.10. The van der Waals surface area contributed by atoms with Crippen LogP contribution in [0.25, 0.3) is 0 Å². The van der Waals surface area contributed by atoms with Crippen LogP contribution in [0.5, 0.6) is 0 Å². The number of fused-ring (bicyclic) bond motifs is 2. The van der Waals surface area contributed by atoms with Crippen molar-refractivity contribution >= 4 is 17.5 Å². The van der Waals surface area contributed by atoms with Crippen molar-refractivity contribution in [3.8, 4) is 0 Å². The molecule has 2 atom stereocenters. The second kappa shape index (κ2) is 6.66. The van der Waals surface area contributed by atoms with Gasteiger partial charge >= 0.3 is 0 Å². The second-order valence-electron chi connectivity index (χ2n) is 7.45. The summed E-state index contributed by atoms with van der Waals surface area (Å²) in [5.74, 6) is 0.130.